The Balaban J connectivity index is 1.59. The summed E-state index contributed by atoms with van der Waals surface area (Å²) in [6, 6.07) is 3.14. The molecule has 2 fully saturated rings. The molecule has 3 rings (SSSR count). The highest BCUT2D eigenvalue weighted by Crippen LogP contribution is 2.38. The van der Waals surface area contributed by atoms with Gasteiger partial charge in [-0.25, -0.2) is 4.98 Å². The Labute approximate surface area is 107 Å². The molecule has 0 spiro atoms. The van der Waals surface area contributed by atoms with Crippen LogP contribution in [0.15, 0.2) is 18.3 Å². The van der Waals surface area contributed by atoms with Crippen LogP contribution in [0.5, 0.6) is 0 Å². The van der Waals surface area contributed by atoms with E-state index in [0.29, 0.717) is 24.5 Å². The summed E-state index contributed by atoms with van der Waals surface area (Å²) in [7, 11) is 2.19. The first-order chi connectivity index (χ1) is 8.72. The second-order valence-electron chi connectivity index (χ2n) is 5.58. The minimum atomic E-state index is -0.432. The Morgan fingerprint density at radius 3 is 2.67 bits per heavy atom. The minimum absolute atomic E-state index is 0.381. The number of likely N-dealkylation sites (tertiary alicyclic amines) is 1. The largest absolute Gasteiger partial charge is 0.373 e. The van der Waals surface area contributed by atoms with Crippen molar-refractivity contribution in [2.24, 2.45) is 11.8 Å². The molecular formula is C14H19FN2O. The molecule has 2 aliphatic rings. The molecule has 1 saturated carbocycles. The third-order valence-electron chi connectivity index (χ3n) is 4.16. The average molecular weight is 250 g/mol. The predicted octanol–water partition coefficient (Wildman–Crippen LogP) is 2.08. The number of aromatic nitrogens is 1. The molecule has 1 aliphatic heterocycles. The van der Waals surface area contributed by atoms with Crippen molar-refractivity contribution >= 4 is 0 Å². The van der Waals surface area contributed by atoms with Gasteiger partial charge in [0.2, 0.25) is 5.95 Å². The standard InChI is InChI=1S/C14H19FN2O/c1-17-7-11-3-4-12(8-17)14(11)18-9-10-2-5-13(15)16-6-10/h2,5-6,11-12,14H,3-4,7-9H2,1H3/t11-,12+,14+. The number of nitrogens with zero attached hydrogens (tertiary/aromatic N) is 2. The molecule has 0 radical (unpaired) electrons. The lowest BCUT2D eigenvalue weighted by Crippen LogP contribution is -2.43. The van der Waals surface area contributed by atoms with Gasteiger partial charge in [-0.1, -0.05) is 6.07 Å². The van der Waals surface area contributed by atoms with E-state index in [1.807, 2.05) is 0 Å². The second-order valence-corrected chi connectivity index (χ2v) is 5.58. The highest BCUT2D eigenvalue weighted by Gasteiger charge is 2.41. The fraction of sp³-hybridized carbons (Fsp3) is 0.643. The molecule has 18 heavy (non-hydrogen) atoms. The van der Waals surface area contributed by atoms with Crippen LogP contribution in [0.3, 0.4) is 0 Å². The molecule has 0 amide bonds. The lowest BCUT2D eigenvalue weighted by Gasteiger charge is -2.35. The summed E-state index contributed by atoms with van der Waals surface area (Å²) < 4.78 is 18.8. The van der Waals surface area contributed by atoms with E-state index in [2.05, 4.69) is 16.9 Å². The van der Waals surface area contributed by atoms with E-state index >= 15 is 0 Å². The summed E-state index contributed by atoms with van der Waals surface area (Å²) in [5, 5.41) is 0. The van der Waals surface area contributed by atoms with Crippen LogP contribution in [-0.2, 0) is 11.3 Å². The van der Waals surface area contributed by atoms with Gasteiger partial charge in [-0.15, -0.1) is 0 Å². The van der Waals surface area contributed by atoms with Crippen LogP contribution in [-0.4, -0.2) is 36.1 Å². The van der Waals surface area contributed by atoms with Crippen molar-refractivity contribution in [2.45, 2.75) is 25.6 Å². The zero-order valence-electron chi connectivity index (χ0n) is 10.7. The zero-order chi connectivity index (χ0) is 12.5. The van der Waals surface area contributed by atoms with Gasteiger partial charge in [0, 0.05) is 19.3 Å². The van der Waals surface area contributed by atoms with Crippen LogP contribution >= 0.6 is 0 Å². The van der Waals surface area contributed by atoms with Gasteiger partial charge in [0.15, 0.2) is 0 Å². The fourth-order valence-corrected chi connectivity index (χ4v) is 3.36. The summed E-state index contributed by atoms with van der Waals surface area (Å²) in [6.45, 7) is 2.83. The summed E-state index contributed by atoms with van der Waals surface area (Å²) in [5.41, 5.74) is 0.953. The maximum Gasteiger partial charge on any atom is 0.212 e. The van der Waals surface area contributed by atoms with E-state index in [4.69, 9.17) is 4.74 Å². The van der Waals surface area contributed by atoms with Crippen molar-refractivity contribution in [3.63, 3.8) is 0 Å². The van der Waals surface area contributed by atoms with Gasteiger partial charge < -0.3 is 9.64 Å². The molecule has 1 aromatic heterocycles. The highest BCUT2D eigenvalue weighted by atomic mass is 19.1. The Kier molecular flexibility index (Phi) is 3.31. The Bertz CT molecular complexity index is 395. The van der Waals surface area contributed by atoms with Gasteiger partial charge in [-0.3, -0.25) is 0 Å². The van der Waals surface area contributed by atoms with Gasteiger partial charge in [-0.05, 0) is 43.4 Å². The summed E-state index contributed by atoms with van der Waals surface area (Å²) >= 11 is 0. The summed E-state index contributed by atoms with van der Waals surface area (Å²) in [5.74, 6) is 0.905. The van der Waals surface area contributed by atoms with E-state index in [1.54, 1.807) is 12.3 Å². The first kappa shape index (κ1) is 12.1. The molecule has 4 heteroatoms. The van der Waals surface area contributed by atoms with Crippen LogP contribution in [0.2, 0.25) is 0 Å². The van der Waals surface area contributed by atoms with Gasteiger partial charge >= 0.3 is 0 Å². The highest BCUT2D eigenvalue weighted by molar-refractivity contribution is 5.08. The van der Waals surface area contributed by atoms with Crippen LogP contribution in [0.25, 0.3) is 0 Å². The van der Waals surface area contributed by atoms with Crippen LogP contribution in [0, 0.1) is 17.8 Å². The van der Waals surface area contributed by atoms with Crippen molar-refractivity contribution in [1.29, 1.82) is 0 Å². The molecule has 1 aromatic rings. The molecule has 3 nitrogen and oxygen atoms in total. The second kappa shape index (κ2) is 4.94. The third kappa shape index (κ3) is 2.40. The fourth-order valence-electron chi connectivity index (χ4n) is 3.36. The Morgan fingerprint density at radius 2 is 2.06 bits per heavy atom. The van der Waals surface area contributed by atoms with Gasteiger partial charge in [0.05, 0.1) is 12.7 Å². The Hall–Kier alpha value is -1.00. The number of rotatable bonds is 3. The van der Waals surface area contributed by atoms with Crippen molar-refractivity contribution in [3.8, 4) is 0 Å². The first-order valence-corrected chi connectivity index (χ1v) is 6.63. The number of ether oxygens (including phenoxy) is 1. The first-order valence-electron chi connectivity index (χ1n) is 6.63. The normalized spacial score (nSPS) is 31.8. The van der Waals surface area contributed by atoms with Crippen molar-refractivity contribution in [2.75, 3.05) is 20.1 Å². The molecule has 2 bridgehead atoms. The molecule has 0 unspecified atom stereocenters. The zero-order valence-corrected chi connectivity index (χ0v) is 10.7. The number of halogens is 1. The van der Waals surface area contributed by atoms with E-state index in [0.717, 1.165) is 18.7 Å². The summed E-state index contributed by atoms with van der Waals surface area (Å²) in [4.78, 5) is 6.06. The van der Waals surface area contributed by atoms with Crippen LogP contribution in [0.1, 0.15) is 18.4 Å². The van der Waals surface area contributed by atoms with Gasteiger partial charge in [0.1, 0.15) is 0 Å². The average Bonchev–Trinajstić information content (AvgIpc) is 2.60. The van der Waals surface area contributed by atoms with Crippen molar-refractivity contribution in [3.05, 3.63) is 29.8 Å². The minimum Gasteiger partial charge on any atom is -0.373 e. The van der Waals surface area contributed by atoms with E-state index in [-0.39, 0.29) is 0 Å². The molecule has 1 saturated heterocycles. The van der Waals surface area contributed by atoms with E-state index < -0.39 is 5.95 Å². The number of pyridine rings is 1. The number of hydrogen-bond donors (Lipinski definition) is 0. The topological polar surface area (TPSA) is 25.4 Å². The summed E-state index contributed by atoms with van der Waals surface area (Å²) in [6.07, 6.45) is 4.50. The molecular weight excluding hydrogens is 231 g/mol. The monoisotopic (exact) mass is 250 g/mol. The predicted molar refractivity (Wildman–Crippen MR) is 66.5 cm³/mol. The third-order valence-corrected chi connectivity index (χ3v) is 4.16. The number of fused-ring (bicyclic) bond motifs is 2. The molecule has 2 heterocycles. The van der Waals surface area contributed by atoms with Crippen LogP contribution in [0.4, 0.5) is 4.39 Å². The van der Waals surface area contributed by atoms with Crippen molar-refractivity contribution in [1.82, 2.24) is 9.88 Å². The number of piperidine rings is 1. The maximum atomic E-state index is 12.7. The SMILES string of the molecule is CN1C[C@H]2CC[C@@H](C1)[C@H]2OCc1ccc(F)nc1. The van der Waals surface area contributed by atoms with Gasteiger partial charge in [-0.2, -0.15) is 4.39 Å². The van der Waals surface area contributed by atoms with Crippen LogP contribution < -0.4 is 0 Å². The lowest BCUT2D eigenvalue weighted by molar-refractivity contribution is -0.0460. The lowest BCUT2D eigenvalue weighted by atomic mass is 9.95. The molecule has 0 N–H and O–H groups in total. The van der Waals surface area contributed by atoms with E-state index in [1.165, 1.54) is 18.9 Å². The van der Waals surface area contributed by atoms with Gasteiger partial charge in [0.25, 0.3) is 0 Å². The Morgan fingerprint density at radius 1 is 1.33 bits per heavy atom. The van der Waals surface area contributed by atoms with E-state index in [9.17, 15) is 4.39 Å². The maximum absolute atomic E-state index is 12.7. The smallest absolute Gasteiger partial charge is 0.212 e. The molecule has 0 aromatic carbocycles. The molecule has 3 atom stereocenters. The van der Waals surface area contributed by atoms with Crippen molar-refractivity contribution < 1.29 is 9.13 Å². The molecule has 98 valence electrons. The quantitative estimate of drug-likeness (QED) is 0.768. The molecule has 1 aliphatic carbocycles. The number of hydrogen-bond acceptors (Lipinski definition) is 3.